The van der Waals surface area contributed by atoms with E-state index >= 15 is 0 Å². The van der Waals surface area contributed by atoms with Crippen LogP contribution in [0.5, 0.6) is 0 Å². The second-order valence-electron chi connectivity index (χ2n) is 4.31. The highest BCUT2D eigenvalue weighted by atomic mass is 16.5. The van der Waals surface area contributed by atoms with Gasteiger partial charge in [0.2, 0.25) is 0 Å². The molecule has 0 aliphatic carbocycles. The Morgan fingerprint density at radius 3 is 3.00 bits per heavy atom. The molecule has 4 heteroatoms. The third-order valence-corrected chi connectivity index (χ3v) is 3.05. The van der Waals surface area contributed by atoms with Gasteiger partial charge in [-0.3, -0.25) is 0 Å². The molecule has 0 aromatic carbocycles. The van der Waals surface area contributed by atoms with Gasteiger partial charge < -0.3 is 15.4 Å². The van der Waals surface area contributed by atoms with Crippen LogP contribution in [0.15, 0.2) is 12.1 Å². The molecule has 2 rings (SSSR count). The molecule has 1 atom stereocenters. The Morgan fingerprint density at radius 2 is 2.38 bits per heavy atom. The van der Waals surface area contributed by atoms with E-state index in [9.17, 15) is 0 Å². The Hall–Kier alpha value is -1.13. The van der Waals surface area contributed by atoms with Gasteiger partial charge in [0.05, 0.1) is 12.6 Å². The first-order chi connectivity index (χ1) is 7.70. The summed E-state index contributed by atoms with van der Waals surface area (Å²) < 4.78 is 5.39. The predicted octanol–water partition coefficient (Wildman–Crippen LogP) is 1.07. The third-order valence-electron chi connectivity index (χ3n) is 3.05. The summed E-state index contributed by atoms with van der Waals surface area (Å²) in [5.41, 5.74) is 7.82. The minimum absolute atomic E-state index is 0.444. The highest BCUT2D eigenvalue weighted by Gasteiger charge is 2.21. The zero-order valence-electron chi connectivity index (χ0n) is 9.94. The van der Waals surface area contributed by atoms with E-state index in [-0.39, 0.29) is 0 Å². The molecular formula is C12H19N3O. The van der Waals surface area contributed by atoms with Crippen molar-refractivity contribution in [2.75, 3.05) is 25.2 Å². The fourth-order valence-corrected chi connectivity index (χ4v) is 2.03. The molecule has 88 valence electrons. The molecule has 1 aromatic rings. The summed E-state index contributed by atoms with van der Waals surface area (Å²) >= 11 is 0. The molecule has 0 saturated carbocycles. The fraction of sp³-hybridized carbons (Fsp3) is 0.583. The van der Waals surface area contributed by atoms with E-state index in [4.69, 9.17) is 10.5 Å². The van der Waals surface area contributed by atoms with Gasteiger partial charge in [-0.25, -0.2) is 4.98 Å². The summed E-state index contributed by atoms with van der Waals surface area (Å²) in [7, 11) is 2.07. The highest BCUT2D eigenvalue weighted by Crippen LogP contribution is 2.19. The second-order valence-corrected chi connectivity index (χ2v) is 4.31. The minimum atomic E-state index is 0.444. The zero-order chi connectivity index (χ0) is 11.5. The van der Waals surface area contributed by atoms with Crippen molar-refractivity contribution in [1.29, 1.82) is 0 Å². The molecule has 0 bridgehead atoms. The van der Waals surface area contributed by atoms with Gasteiger partial charge in [-0.2, -0.15) is 0 Å². The summed E-state index contributed by atoms with van der Waals surface area (Å²) in [5.74, 6) is 0.996. The molecule has 1 aliphatic heterocycles. The van der Waals surface area contributed by atoms with Crippen molar-refractivity contribution in [3.8, 4) is 0 Å². The van der Waals surface area contributed by atoms with Gasteiger partial charge in [0.15, 0.2) is 0 Å². The number of aromatic nitrogens is 1. The summed E-state index contributed by atoms with van der Waals surface area (Å²) in [5, 5.41) is 0. The minimum Gasteiger partial charge on any atom is -0.379 e. The Labute approximate surface area is 96.4 Å². The van der Waals surface area contributed by atoms with Gasteiger partial charge in [0.1, 0.15) is 5.82 Å². The van der Waals surface area contributed by atoms with Crippen LogP contribution < -0.4 is 10.6 Å². The quantitative estimate of drug-likeness (QED) is 0.829. The van der Waals surface area contributed by atoms with Crippen molar-refractivity contribution in [3.05, 3.63) is 23.4 Å². The van der Waals surface area contributed by atoms with E-state index < -0.39 is 0 Å². The summed E-state index contributed by atoms with van der Waals surface area (Å²) in [6.07, 6.45) is 1.07. The Bertz CT molecular complexity index is 361. The molecule has 0 radical (unpaired) electrons. The Morgan fingerprint density at radius 1 is 1.56 bits per heavy atom. The maximum absolute atomic E-state index is 5.67. The number of aryl methyl sites for hydroxylation is 1. The lowest BCUT2D eigenvalue weighted by Gasteiger charge is -2.25. The average Bonchev–Trinajstić information content (AvgIpc) is 2.80. The van der Waals surface area contributed by atoms with Gasteiger partial charge >= 0.3 is 0 Å². The Balaban J connectivity index is 2.21. The normalized spacial score (nSPS) is 20.1. The van der Waals surface area contributed by atoms with E-state index in [0.29, 0.717) is 12.6 Å². The van der Waals surface area contributed by atoms with Gasteiger partial charge in [-0.05, 0) is 31.0 Å². The van der Waals surface area contributed by atoms with Crippen LogP contribution in [0.2, 0.25) is 0 Å². The summed E-state index contributed by atoms with van der Waals surface area (Å²) in [6, 6.07) is 4.54. The number of likely N-dealkylation sites (N-methyl/N-ethyl adjacent to an activating group) is 1. The van der Waals surface area contributed by atoms with Gasteiger partial charge in [0.25, 0.3) is 0 Å². The zero-order valence-corrected chi connectivity index (χ0v) is 9.94. The van der Waals surface area contributed by atoms with Crippen LogP contribution in [-0.4, -0.2) is 31.3 Å². The van der Waals surface area contributed by atoms with Crippen LogP contribution in [0.4, 0.5) is 5.82 Å². The standard InChI is InChI=1S/C12H19N3O/c1-9-5-10(7-13)6-12(14-9)15(2)11-3-4-16-8-11/h5-6,11H,3-4,7-8,13H2,1-2H3. The molecule has 2 N–H and O–H groups in total. The molecule has 1 unspecified atom stereocenters. The maximum Gasteiger partial charge on any atom is 0.129 e. The van der Waals surface area contributed by atoms with Crippen molar-refractivity contribution in [2.45, 2.75) is 25.9 Å². The average molecular weight is 221 g/mol. The van der Waals surface area contributed by atoms with E-state index in [0.717, 1.165) is 36.7 Å². The van der Waals surface area contributed by atoms with E-state index in [1.807, 2.05) is 13.0 Å². The van der Waals surface area contributed by atoms with Crippen molar-refractivity contribution in [3.63, 3.8) is 0 Å². The number of nitrogens with two attached hydrogens (primary N) is 1. The van der Waals surface area contributed by atoms with Crippen LogP contribution >= 0.6 is 0 Å². The van der Waals surface area contributed by atoms with Crippen molar-refractivity contribution in [1.82, 2.24) is 4.98 Å². The maximum atomic E-state index is 5.67. The SMILES string of the molecule is Cc1cc(CN)cc(N(C)C2CCOC2)n1. The number of hydrogen-bond acceptors (Lipinski definition) is 4. The van der Waals surface area contributed by atoms with E-state index in [1.165, 1.54) is 0 Å². The van der Waals surface area contributed by atoms with Crippen molar-refractivity contribution < 1.29 is 4.74 Å². The van der Waals surface area contributed by atoms with Gasteiger partial charge in [-0.1, -0.05) is 0 Å². The first kappa shape index (κ1) is 11.4. The van der Waals surface area contributed by atoms with Crippen LogP contribution in [0, 0.1) is 6.92 Å². The molecular weight excluding hydrogens is 202 g/mol. The van der Waals surface area contributed by atoms with Crippen LogP contribution in [0.25, 0.3) is 0 Å². The smallest absolute Gasteiger partial charge is 0.129 e. The number of ether oxygens (including phenoxy) is 1. The van der Waals surface area contributed by atoms with Crippen molar-refractivity contribution in [2.24, 2.45) is 5.73 Å². The lowest BCUT2D eigenvalue weighted by Crippen LogP contribution is -2.32. The lowest BCUT2D eigenvalue weighted by molar-refractivity contribution is 0.193. The monoisotopic (exact) mass is 221 g/mol. The molecule has 16 heavy (non-hydrogen) atoms. The van der Waals surface area contributed by atoms with Crippen LogP contribution in [0.3, 0.4) is 0 Å². The van der Waals surface area contributed by atoms with Crippen LogP contribution in [-0.2, 0) is 11.3 Å². The predicted molar refractivity (Wildman–Crippen MR) is 64.5 cm³/mol. The van der Waals surface area contributed by atoms with Crippen molar-refractivity contribution >= 4 is 5.82 Å². The molecule has 1 aromatic heterocycles. The molecule has 1 aliphatic rings. The molecule has 4 nitrogen and oxygen atoms in total. The van der Waals surface area contributed by atoms with E-state index in [1.54, 1.807) is 0 Å². The number of pyridine rings is 1. The number of hydrogen-bond donors (Lipinski definition) is 1. The largest absolute Gasteiger partial charge is 0.379 e. The summed E-state index contributed by atoms with van der Waals surface area (Å²) in [4.78, 5) is 6.73. The highest BCUT2D eigenvalue weighted by molar-refractivity contribution is 5.43. The molecule has 0 spiro atoms. The first-order valence-electron chi connectivity index (χ1n) is 5.69. The van der Waals surface area contributed by atoms with Crippen LogP contribution in [0.1, 0.15) is 17.7 Å². The topological polar surface area (TPSA) is 51.4 Å². The third kappa shape index (κ3) is 2.33. The molecule has 1 fully saturated rings. The van der Waals surface area contributed by atoms with E-state index in [2.05, 4.69) is 23.0 Å². The van der Waals surface area contributed by atoms with Gasteiger partial charge in [-0.15, -0.1) is 0 Å². The molecule has 0 amide bonds. The first-order valence-corrected chi connectivity index (χ1v) is 5.69. The second kappa shape index (κ2) is 4.80. The lowest BCUT2D eigenvalue weighted by atomic mass is 10.2. The van der Waals surface area contributed by atoms with Gasteiger partial charge in [0, 0.05) is 25.9 Å². The number of nitrogens with zero attached hydrogens (tertiary/aromatic N) is 2. The molecule has 2 heterocycles. The molecule has 1 saturated heterocycles. The Kier molecular flexibility index (Phi) is 3.41. The summed E-state index contributed by atoms with van der Waals surface area (Å²) in [6.45, 7) is 4.21. The number of rotatable bonds is 3. The number of anilines is 1. The fourth-order valence-electron chi connectivity index (χ4n) is 2.03.